The third kappa shape index (κ3) is 8.34. The molecule has 0 fully saturated rings. The molecule has 7 heteroatoms. The van der Waals surface area contributed by atoms with Crippen molar-refractivity contribution >= 4 is 34.4 Å². The summed E-state index contributed by atoms with van der Waals surface area (Å²) in [5.74, 6) is -0.827. The van der Waals surface area contributed by atoms with E-state index in [1.165, 1.54) is 0 Å². The van der Waals surface area contributed by atoms with Gasteiger partial charge in [0.25, 0.3) is 5.91 Å². The Morgan fingerprint density at radius 3 is 2.05 bits per heavy atom. The highest BCUT2D eigenvalue weighted by molar-refractivity contribution is 6.00. The molecule has 0 saturated carbocycles. The van der Waals surface area contributed by atoms with Crippen LogP contribution in [-0.4, -0.2) is 40.5 Å². The fraction of sp³-hybridized carbons (Fsp3) is 0.457. The first kappa shape index (κ1) is 32.6. The molecule has 0 aliphatic rings. The van der Waals surface area contributed by atoms with Gasteiger partial charge >= 0.3 is 6.09 Å². The summed E-state index contributed by atoms with van der Waals surface area (Å²) >= 11 is 0. The number of nitrogens with one attached hydrogen (secondary N) is 2. The molecule has 0 heterocycles. The zero-order valence-electron chi connectivity index (χ0n) is 26.6. The van der Waals surface area contributed by atoms with Crippen molar-refractivity contribution in [1.82, 2.24) is 10.2 Å². The van der Waals surface area contributed by atoms with Crippen LogP contribution in [0.15, 0.2) is 60.7 Å². The highest BCUT2D eigenvalue weighted by Crippen LogP contribution is 2.31. The number of hydrogen-bond acceptors (Lipinski definition) is 4. The molecule has 0 spiro atoms. The zero-order valence-corrected chi connectivity index (χ0v) is 26.6. The first-order valence-corrected chi connectivity index (χ1v) is 14.9. The fourth-order valence-electron chi connectivity index (χ4n) is 5.16. The van der Waals surface area contributed by atoms with Gasteiger partial charge in [0, 0.05) is 11.7 Å². The van der Waals surface area contributed by atoms with Gasteiger partial charge in [-0.3, -0.25) is 9.59 Å². The first-order chi connectivity index (χ1) is 19.7. The van der Waals surface area contributed by atoms with Crippen LogP contribution >= 0.6 is 0 Å². The average molecular weight is 574 g/mol. The number of fused-ring (bicyclic) bond motifs is 1. The molecule has 7 nitrogen and oxygen atoms in total. The maximum Gasteiger partial charge on any atom is 0.408 e. The van der Waals surface area contributed by atoms with Crippen molar-refractivity contribution in [2.24, 2.45) is 5.92 Å². The van der Waals surface area contributed by atoms with Gasteiger partial charge in [-0.05, 0) is 82.3 Å². The highest BCUT2D eigenvalue weighted by atomic mass is 16.6. The van der Waals surface area contributed by atoms with Crippen LogP contribution in [0.2, 0.25) is 0 Å². The molecule has 4 unspecified atom stereocenters. The second-order valence-corrected chi connectivity index (χ2v) is 12.4. The lowest BCUT2D eigenvalue weighted by atomic mass is 9.93. The molecule has 0 radical (unpaired) electrons. The summed E-state index contributed by atoms with van der Waals surface area (Å²) in [6.45, 7) is 17.1. The minimum atomic E-state index is -0.926. The number of carbonyl (C=O) groups excluding carboxylic acids is 3. The van der Waals surface area contributed by atoms with Crippen LogP contribution in [0.25, 0.3) is 10.8 Å². The number of amides is 3. The van der Waals surface area contributed by atoms with Gasteiger partial charge in [-0.2, -0.15) is 0 Å². The normalized spacial score (nSPS) is 14.4. The lowest BCUT2D eigenvalue weighted by molar-refractivity contribution is -0.144. The molecule has 0 aliphatic carbocycles. The topological polar surface area (TPSA) is 87.7 Å². The molecular weight excluding hydrogens is 526 g/mol. The molecule has 0 saturated heterocycles. The Morgan fingerprint density at radius 2 is 1.48 bits per heavy atom. The summed E-state index contributed by atoms with van der Waals surface area (Å²) in [4.78, 5) is 43.4. The molecule has 0 bridgehead atoms. The van der Waals surface area contributed by atoms with Gasteiger partial charge in [0.15, 0.2) is 0 Å². The Labute approximate surface area is 251 Å². The minimum Gasteiger partial charge on any atom is -0.444 e. The van der Waals surface area contributed by atoms with E-state index in [-0.39, 0.29) is 23.8 Å². The second kappa shape index (κ2) is 13.9. The molecule has 226 valence electrons. The standard InChI is InChI=1S/C35H47N3O4/c1-10-24(5)30(37-34(41)42-35(7,8)9)33(40)38(25(6)11-2)31(28-19-22(3)18-23(4)20-28)32(39)36-29-17-16-26-14-12-13-15-27(26)21-29/h12-21,24-25,30-31H,10-11H2,1-9H3,(H,36,39)(H,37,41). The number of anilines is 1. The van der Waals surface area contributed by atoms with Crippen molar-refractivity contribution in [3.8, 4) is 0 Å². The van der Waals surface area contributed by atoms with Crippen LogP contribution in [0.4, 0.5) is 10.5 Å². The third-order valence-corrected chi connectivity index (χ3v) is 7.57. The maximum absolute atomic E-state index is 14.5. The quantitative estimate of drug-likeness (QED) is 0.260. The van der Waals surface area contributed by atoms with E-state index >= 15 is 0 Å². The Balaban J connectivity index is 2.10. The van der Waals surface area contributed by atoms with E-state index < -0.39 is 23.8 Å². The largest absolute Gasteiger partial charge is 0.444 e. The molecule has 3 aromatic rings. The summed E-state index contributed by atoms with van der Waals surface area (Å²) in [7, 11) is 0. The van der Waals surface area contributed by atoms with Crippen molar-refractivity contribution in [3.63, 3.8) is 0 Å². The molecule has 0 aromatic heterocycles. The molecule has 2 N–H and O–H groups in total. The Hall–Kier alpha value is -3.87. The van der Waals surface area contributed by atoms with Crippen molar-refractivity contribution in [1.29, 1.82) is 0 Å². The van der Waals surface area contributed by atoms with E-state index in [1.54, 1.807) is 25.7 Å². The number of hydrogen-bond donors (Lipinski definition) is 2. The summed E-state index contributed by atoms with van der Waals surface area (Å²) in [5.41, 5.74) is 2.64. The predicted molar refractivity (Wildman–Crippen MR) is 170 cm³/mol. The predicted octanol–water partition coefficient (Wildman–Crippen LogP) is 7.70. The Morgan fingerprint density at radius 1 is 0.857 bits per heavy atom. The Kier molecular flexibility index (Phi) is 10.8. The van der Waals surface area contributed by atoms with E-state index in [4.69, 9.17) is 4.74 Å². The monoisotopic (exact) mass is 573 g/mol. The Bertz CT molecular complexity index is 1390. The molecule has 42 heavy (non-hydrogen) atoms. The molecule has 3 rings (SSSR count). The van der Waals surface area contributed by atoms with Crippen molar-refractivity contribution in [2.45, 2.75) is 98.9 Å². The first-order valence-electron chi connectivity index (χ1n) is 14.9. The molecular formula is C35H47N3O4. The van der Waals surface area contributed by atoms with E-state index in [0.29, 0.717) is 18.5 Å². The third-order valence-electron chi connectivity index (χ3n) is 7.57. The number of benzene rings is 3. The van der Waals surface area contributed by atoms with Gasteiger partial charge in [0.05, 0.1) is 0 Å². The van der Waals surface area contributed by atoms with Gasteiger partial charge in [0.2, 0.25) is 5.91 Å². The lowest BCUT2D eigenvalue weighted by Gasteiger charge is -2.39. The number of nitrogens with zero attached hydrogens (tertiary/aromatic N) is 1. The number of alkyl carbamates (subject to hydrolysis) is 1. The van der Waals surface area contributed by atoms with Crippen molar-refractivity contribution in [3.05, 3.63) is 77.4 Å². The summed E-state index contributed by atoms with van der Waals surface area (Å²) in [5, 5.41) is 8.01. The van der Waals surface area contributed by atoms with Crippen molar-refractivity contribution in [2.75, 3.05) is 5.32 Å². The van der Waals surface area contributed by atoms with Crippen LogP contribution in [0.3, 0.4) is 0 Å². The number of carbonyl (C=O) groups is 3. The number of rotatable bonds is 10. The summed E-state index contributed by atoms with van der Waals surface area (Å²) in [6, 6.07) is 17.6. The van der Waals surface area contributed by atoms with Gasteiger partial charge in [-0.25, -0.2) is 4.79 Å². The number of ether oxygens (including phenoxy) is 1. The SMILES string of the molecule is CCC(C)C(NC(=O)OC(C)(C)C)C(=O)N(C(C)CC)C(C(=O)Nc1ccc2ccccc2c1)c1cc(C)cc(C)c1. The molecule has 0 aliphatic heterocycles. The van der Waals surface area contributed by atoms with Crippen LogP contribution in [0.5, 0.6) is 0 Å². The van der Waals surface area contributed by atoms with Crippen LogP contribution in [-0.2, 0) is 14.3 Å². The molecule has 3 amide bonds. The van der Waals surface area contributed by atoms with Crippen LogP contribution in [0, 0.1) is 19.8 Å². The second-order valence-electron chi connectivity index (χ2n) is 12.4. The van der Waals surface area contributed by atoms with Gasteiger partial charge in [0.1, 0.15) is 17.7 Å². The maximum atomic E-state index is 14.5. The molecule has 3 aromatic carbocycles. The van der Waals surface area contributed by atoms with E-state index in [1.807, 2.05) is 102 Å². The highest BCUT2D eigenvalue weighted by Gasteiger charge is 2.40. The van der Waals surface area contributed by atoms with E-state index in [0.717, 1.165) is 27.5 Å². The summed E-state index contributed by atoms with van der Waals surface area (Å²) in [6.07, 6.45) is 0.613. The number of aryl methyl sites for hydroxylation is 2. The van der Waals surface area contributed by atoms with Gasteiger partial charge in [-0.1, -0.05) is 86.8 Å². The zero-order chi connectivity index (χ0) is 31.2. The van der Waals surface area contributed by atoms with Crippen LogP contribution < -0.4 is 10.6 Å². The van der Waals surface area contributed by atoms with Gasteiger partial charge in [-0.15, -0.1) is 0 Å². The van der Waals surface area contributed by atoms with E-state index in [9.17, 15) is 14.4 Å². The van der Waals surface area contributed by atoms with Gasteiger partial charge < -0.3 is 20.3 Å². The van der Waals surface area contributed by atoms with E-state index in [2.05, 4.69) is 10.6 Å². The average Bonchev–Trinajstić information content (AvgIpc) is 2.91. The molecule has 4 atom stereocenters. The fourth-order valence-corrected chi connectivity index (χ4v) is 5.16. The van der Waals surface area contributed by atoms with Crippen molar-refractivity contribution < 1.29 is 19.1 Å². The minimum absolute atomic E-state index is 0.194. The lowest BCUT2D eigenvalue weighted by Crippen LogP contribution is -2.56. The van der Waals surface area contributed by atoms with Crippen LogP contribution in [0.1, 0.15) is 84.0 Å². The smallest absolute Gasteiger partial charge is 0.408 e. The summed E-state index contributed by atoms with van der Waals surface area (Å²) < 4.78 is 5.52.